The van der Waals surface area contributed by atoms with Crippen LogP contribution in [0.4, 0.5) is 0 Å². The average Bonchev–Trinajstić information content (AvgIpc) is 3.32. The molecule has 2 aromatic carbocycles. The molecule has 0 aliphatic carbocycles. The van der Waals surface area contributed by atoms with Crippen LogP contribution in [0.2, 0.25) is 5.02 Å². The fraction of sp³-hybridized carbons (Fsp3) is 0.269. The minimum Gasteiger partial charge on any atom is -0.356 e. The SMILES string of the molecule is Cc1nn(-c2ccccc2)cc1CCCNC(=O)Cc1c(C)nn(-c2ccc(Cl)cc2)c1C. The molecule has 0 saturated heterocycles. The molecule has 0 bridgehead atoms. The van der Waals surface area contributed by atoms with Gasteiger partial charge in [0.1, 0.15) is 0 Å². The largest absolute Gasteiger partial charge is 0.356 e. The Labute approximate surface area is 199 Å². The second-order valence-corrected chi connectivity index (χ2v) is 8.62. The summed E-state index contributed by atoms with van der Waals surface area (Å²) >= 11 is 5.99. The molecular weight excluding hydrogens is 434 g/mol. The van der Waals surface area contributed by atoms with E-state index in [1.54, 1.807) is 0 Å². The van der Waals surface area contributed by atoms with Crippen molar-refractivity contribution in [1.29, 1.82) is 0 Å². The van der Waals surface area contributed by atoms with Gasteiger partial charge in [0, 0.05) is 29.0 Å². The first-order valence-corrected chi connectivity index (χ1v) is 11.5. The van der Waals surface area contributed by atoms with Crippen LogP contribution in [0, 0.1) is 20.8 Å². The van der Waals surface area contributed by atoms with Gasteiger partial charge in [-0.3, -0.25) is 4.79 Å². The molecule has 0 atom stereocenters. The van der Waals surface area contributed by atoms with Crippen LogP contribution in [0.3, 0.4) is 0 Å². The van der Waals surface area contributed by atoms with Crippen LogP contribution >= 0.6 is 11.6 Å². The summed E-state index contributed by atoms with van der Waals surface area (Å²) in [7, 11) is 0. The number of rotatable bonds is 8. The molecule has 1 N–H and O–H groups in total. The van der Waals surface area contributed by atoms with Crippen LogP contribution in [0.1, 0.15) is 34.6 Å². The molecule has 1 amide bonds. The molecule has 2 heterocycles. The third-order valence-electron chi connectivity index (χ3n) is 5.82. The highest BCUT2D eigenvalue weighted by molar-refractivity contribution is 6.30. The van der Waals surface area contributed by atoms with Crippen LogP contribution in [-0.2, 0) is 17.6 Å². The Kier molecular flexibility index (Phi) is 6.94. The second kappa shape index (κ2) is 10.0. The number of benzene rings is 2. The number of nitrogens with zero attached hydrogens (tertiary/aromatic N) is 4. The van der Waals surface area contributed by atoms with Crippen molar-refractivity contribution < 1.29 is 4.79 Å². The lowest BCUT2D eigenvalue weighted by molar-refractivity contribution is -0.120. The van der Waals surface area contributed by atoms with E-state index < -0.39 is 0 Å². The number of aryl methyl sites for hydroxylation is 3. The highest BCUT2D eigenvalue weighted by atomic mass is 35.5. The van der Waals surface area contributed by atoms with Crippen molar-refractivity contribution in [2.24, 2.45) is 0 Å². The number of carbonyl (C=O) groups is 1. The van der Waals surface area contributed by atoms with Crippen LogP contribution in [-0.4, -0.2) is 32.0 Å². The number of hydrogen-bond acceptors (Lipinski definition) is 3. The molecular formula is C26H28ClN5O. The Balaban J connectivity index is 1.31. The maximum atomic E-state index is 12.6. The lowest BCUT2D eigenvalue weighted by Crippen LogP contribution is -2.26. The molecule has 0 unspecified atom stereocenters. The minimum atomic E-state index is 0.00792. The van der Waals surface area contributed by atoms with Crippen molar-refractivity contribution >= 4 is 17.5 Å². The molecule has 0 aliphatic rings. The summed E-state index contributed by atoms with van der Waals surface area (Å²) in [6.45, 7) is 6.58. The zero-order valence-electron chi connectivity index (χ0n) is 19.2. The molecule has 2 aromatic heterocycles. The standard InChI is InChI=1S/C26H28ClN5O/c1-18-21(17-31(29-18)23-9-5-4-6-10-23)8-7-15-28-26(33)16-25-19(2)30-32(20(25)3)24-13-11-22(27)12-14-24/h4-6,9-14,17H,7-8,15-16H2,1-3H3,(H,28,33). The first-order chi connectivity index (χ1) is 15.9. The zero-order valence-corrected chi connectivity index (χ0v) is 19.9. The van der Waals surface area contributed by atoms with Gasteiger partial charge in [-0.1, -0.05) is 29.8 Å². The van der Waals surface area contributed by atoms with E-state index in [4.69, 9.17) is 11.6 Å². The molecule has 0 spiro atoms. The van der Waals surface area contributed by atoms with E-state index in [2.05, 4.69) is 21.7 Å². The lowest BCUT2D eigenvalue weighted by Gasteiger charge is -2.07. The quantitative estimate of drug-likeness (QED) is 0.378. The van der Waals surface area contributed by atoms with Crippen molar-refractivity contribution in [3.05, 3.63) is 94.0 Å². The minimum absolute atomic E-state index is 0.00792. The molecule has 0 fully saturated rings. The number of aromatic nitrogens is 4. The summed E-state index contributed by atoms with van der Waals surface area (Å²) in [6.07, 6.45) is 4.11. The van der Waals surface area contributed by atoms with Gasteiger partial charge in [-0.25, -0.2) is 9.36 Å². The predicted octanol–water partition coefficient (Wildman–Crippen LogP) is 4.93. The smallest absolute Gasteiger partial charge is 0.224 e. The zero-order chi connectivity index (χ0) is 23.4. The number of carbonyl (C=O) groups excluding carboxylic acids is 1. The van der Waals surface area contributed by atoms with Crippen molar-refractivity contribution in [2.45, 2.75) is 40.0 Å². The van der Waals surface area contributed by atoms with Gasteiger partial charge in [-0.15, -0.1) is 0 Å². The second-order valence-electron chi connectivity index (χ2n) is 8.19. The molecule has 0 radical (unpaired) electrons. The maximum absolute atomic E-state index is 12.6. The van der Waals surface area contributed by atoms with Gasteiger partial charge < -0.3 is 5.32 Å². The monoisotopic (exact) mass is 461 g/mol. The molecule has 33 heavy (non-hydrogen) atoms. The van der Waals surface area contributed by atoms with Crippen molar-refractivity contribution in [3.8, 4) is 11.4 Å². The average molecular weight is 462 g/mol. The van der Waals surface area contributed by atoms with E-state index in [1.165, 1.54) is 5.56 Å². The van der Waals surface area contributed by atoms with E-state index in [9.17, 15) is 4.79 Å². The fourth-order valence-corrected chi connectivity index (χ4v) is 4.07. The van der Waals surface area contributed by atoms with E-state index >= 15 is 0 Å². The maximum Gasteiger partial charge on any atom is 0.224 e. The molecule has 4 rings (SSSR count). The topological polar surface area (TPSA) is 64.7 Å². The molecule has 0 aliphatic heterocycles. The van der Waals surface area contributed by atoms with Gasteiger partial charge in [-0.2, -0.15) is 10.2 Å². The van der Waals surface area contributed by atoms with Crippen LogP contribution in [0.5, 0.6) is 0 Å². The molecule has 0 saturated carbocycles. The van der Waals surface area contributed by atoms with E-state index in [0.717, 1.165) is 46.9 Å². The summed E-state index contributed by atoms with van der Waals surface area (Å²) < 4.78 is 3.77. The number of nitrogens with one attached hydrogen (secondary N) is 1. The predicted molar refractivity (Wildman–Crippen MR) is 131 cm³/mol. The lowest BCUT2D eigenvalue weighted by atomic mass is 10.1. The first-order valence-electron chi connectivity index (χ1n) is 11.1. The number of hydrogen-bond donors (Lipinski definition) is 1. The fourth-order valence-electron chi connectivity index (χ4n) is 3.95. The van der Waals surface area contributed by atoms with E-state index in [-0.39, 0.29) is 5.91 Å². The Morgan fingerprint density at radius 2 is 1.67 bits per heavy atom. The highest BCUT2D eigenvalue weighted by Gasteiger charge is 2.16. The molecule has 7 heteroatoms. The molecule has 170 valence electrons. The molecule has 6 nitrogen and oxygen atoms in total. The summed E-state index contributed by atoms with van der Waals surface area (Å²) in [5.41, 5.74) is 6.98. The highest BCUT2D eigenvalue weighted by Crippen LogP contribution is 2.20. The van der Waals surface area contributed by atoms with E-state index in [0.29, 0.717) is 18.0 Å². The van der Waals surface area contributed by atoms with Crippen LogP contribution < -0.4 is 5.32 Å². The number of para-hydroxylation sites is 1. The summed E-state index contributed by atoms with van der Waals surface area (Å²) in [4.78, 5) is 12.6. The summed E-state index contributed by atoms with van der Waals surface area (Å²) in [6, 6.07) is 17.6. The molecule has 4 aromatic rings. The Bertz CT molecular complexity index is 1240. The van der Waals surface area contributed by atoms with Crippen LogP contribution in [0.25, 0.3) is 11.4 Å². The third-order valence-corrected chi connectivity index (χ3v) is 6.07. The van der Waals surface area contributed by atoms with E-state index in [1.807, 2.05) is 84.7 Å². The normalized spacial score (nSPS) is 11.0. The first kappa shape index (κ1) is 22.8. The van der Waals surface area contributed by atoms with Crippen molar-refractivity contribution in [2.75, 3.05) is 6.54 Å². The number of halogens is 1. The van der Waals surface area contributed by atoms with Crippen molar-refractivity contribution in [1.82, 2.24) is 24.9 Å². The summed E-state index contributed by atoms with van der Waals surface area (Å²) in [5.74, 6) is 0.00792. The van der Waals surface area contributed by atoms with Gasteiger partial charge in [0.25, 0.3) is 0 Å². The Morgan fingerprint density at radius 3 is 2.39 bits per heavy atom. The van der Waals surface area contributed by atoms with Crippen LogP contribution in [0.15, 0.2) is 60.8 Å². The Hall–Kier alpha value is -3.38. The third kappa shape index (κ3) is 5.34. The number of amides is 1. The van der Waals surface area contributed by atoms with Gasteiger partial charge in [0.2, 0.25) is 5.91 Å². The van der Waals surface area contributed by atoms with Crippen molar-refractivity contribution in [3.63, 3.8) is 0 Å². The van der Waals surface area contributed by atoms with Gasteiger partial charge >= 0.3 is 0 Å². The van der Waals surface area contributed by atoms with Gasteiger partial charge in [-0.05, 0) is 75.6 Å². The van der Waals surface area contributed by atoms with Gasteiger partial charge in [0.15, 0.2) is 0 Å². The summed E-state index contributed by atoms with van der Waals surface area (Å²) in [5, 5.41) is 13.0. The van der Waals surface area contributed by atoms with Gasteiger partial charge in [0.05, 0.1) is 29.2 Å². The Morgan fingerprint density at radius 1 is 0.939 bits per heavy atom.